The van der Waals surface area contributed by atoms with Crippen molar-refractivity contribution in [2.75, 3.05) is 5.32 Å². The molecule has 15 heteroatoms. The van der Waals surface area contributed by atoms with E-state index in [1.807, 2.05) is 32.4 Å². The molecule has 0 saturated carbocycles. The molecule has 42 heavy (non-hydrogen) atoms. The lowest BCUT2D eigenvalue weighted by molar-refractivity contribution is 0.0773. The fourth-order valence-corrected chi connectivity index (χ4v) is 5.14. The van der Waals surface area contributed by atoms with Crippen molar-refractivity contribution >= 4 is 43.4 Å². The minimum absolute atomic E-state index is 0.0533. The normalized spacial score (nSPS) is 12.7. The summed E-state index contributed by atoms with van der Waals surface area (Å²) in [4.78, 5) is 12.5. The summed E-state index contributed by atoms with van der Waals surface area (Å²) < 4.78 is 58.2. The summed E-state index contributed by atoms with van der Waals surface area (Å²) in [5, 5.41) is 26.6. The van der Waals surface area contributed by atoms with E-state index in [1.54, 1.807) is 12.1 Å². The highest BCUT2D eigenvalue weighted by Gasteiger charge is 2.27. The first-order valence-electron chi connectivity index (χ1n) is 12.8. The molecule has 0 aliphatic carbocycles. The number of nitrogens with two attached hydrogens (primary N) is 1. The molecule has 2 heterocycles. The van der Waals surface area contributed by atoms with Gasteiger partial charge in [-0.05, 0) is 62.8 Å². The van der Waals surface area contributed by atoms with Crippen LogP contribution in [0.25, 0.3) is 0 Å². The molecule has 0 unspecified atom stereocenters. The Morgan fingerprint density at radius 3 is 1.57 bits per heavy atom. The number of benzene rings is 1. The summed E-state index contributed by atoms with van der Waals surface area (Å²) in [5.41, 5.74) is 0.376. The van der Waals surface area contributed by atoms with Crippen molar-refractivity contribution in [2.24, 2.45) is 5.14 Å². The molecule has 1 aromatic carbocycles. The summed E-state index contributed by atoms with van der Waals surface area (Å²) in [6.45, 7) is 13.8. The number of amides is 2. The monoisotopic (exact) mass is 647 g/mol. The number of carbonyl (C=O) groups is 1. The number of aliphatic hydroxyl groups is 2. The molecule has 3 aromatic rings. The van der Waals surface area contributed by atoms with Crippen molar-refractivity contribution < 1.29 is 40.7 Å². The topological polar surface area (TPSA) is 202 Å². The minimum Gasteiger partial charge on any atom is -0.451 e. The third-order valence-electron chi connectivity index (χ3n) is 5.98. The molecular weight excluding hydrogens is 610 g/mol. The molecule has 6 N–H and O–H groups in total. The second-order valence-corrected chi connectivity index (χ2v) is 14.8. The number of rotatable bonds is 8. The zero-order valence-electron chi connectivity index (χ0n) is 24.6. The first-order valence-corrected chi connectivity index (χ1v) is 16.2. The van der Waals surface area contributed by atoms with Gasteiger partial charge in [-0.2, -0.15) is 8.42 Å². The van der Waals surface area contributed by atoms with Gasteiger partial charge in [-0.1, -0.05) is 39.3 Å². The summed E-state index contributed by atoms with van der Waals surface area (Å²) >= 11 is 6.22. The Morgan fingerprint density at radius 1 is 0.833 bits per heavy atom. The Balaban J connectivity index is 0.000000395. The smallest absolute Gasteiger partial charge is 0.333 e. The van der Waals surface area contributed by atoms with Crippen molar-refractivity contribution in [3.05, 3.63) is 64.1 Å². The number of hydrogen-bond acceptors (Lipinski definition) is 9. The summed E-state index contributed by atoms with van der Waals surface area (Å²) in [6, 6.07) is 4.97. The van der Waals surface area contributed by atoms with E-state index < -0.39 is 42.4 Å². The number of anilines is 1. The molecule has 0 aliphatic rings. The summed E-state index contributed by atoms with van der Waals surface area (Å²) in [6.07, 6.45) is 2.30. The first kappa shape index (κ1) is 35.3. The average Bonchev–Trinajstić information content (AvgIpc) is 3.50. The predicted molar refractivity (Wildman–Crippen MR) is 158 cm³/mol. The Morgan fingerprint density at radius 2 is 1.24 bits per heavy atom. The molecule has 0 fully saturated rings. The number of halogens is 1. The minimum atomic E-state index is -4.26. The SMILES string of the molecule is CC(C)(O)c1coc(S(N)(=O)=O)c1.CC(C)c1cc(Cl)cc(C(C)C)c1NC(=O)NS(=O)(=O)c1cc(C(C)(C)O)co1. The lowest BCUT2D eigenvalue weighted by Crippen LogP contribution is -2.35. The van der Waals surface area contributed by atoms with Gasteiger partial charge in [0.1, 0.15) is 0 Å². The molecule has 0 saturated heterocycles. The molecule has 12 nitrogen and oxygen atoms in total. The van der Waals surface area contributed by atoms with Gasteiger partial charge >= 0.3 is 6.03 Å². The van der Waals surface area contributed by atoms with Gasteiger partial charge in [0, 0.05) is 34.0 Å². The third-order valence-corrected chi connectivity index (χ3v) is 8.17. The largest absolute Gasteiger partial charge is 0.451 e. The van der Waals surface area contributed by atoms with Gasteiger partial charge in [-0.15, -0.1) is 0 Å². The number of hydrogen-bond donors (Lipinski definition) is 5. The molecule has 2 aromatic heterocycles. The van der Waals surface area contributed by atoms with Crippen LogP contribution in [0.1, 0.15) is 89.5 Å². The maximum absolute atomic E-state index is 12.5. The van der Waals surface area contributed by atoms with E-state index in [2.05, 4.69) is 9.73 Å². The number of primary sulfonamides is 1. The van der Waals surface area contributed by atoms with Crippen LogP contribution in [0.2, 0.25) is 5.02 Å². The Kier molecular flexibility index (Phi) is 10.7. The number of carbonyl (C=O) groups excluding carboxylic acids is 1. The van der Waals surface area contributed by atoms with Crippen molar-refractivity contribution in [3.63, 3.8) is 0 Å². The van der Waals surface area contributed by atoms with E-state index in [0.29, 0.717) is 16.3 Å². The van der Waals surface area contributed by atoms with E-state index in [4.69, 9.17) is 21.2 Å². The maximum Gasteiger partial charge on any atom is 0.333 e. The van der Waals surface area contributed by atoms with Crippen LogP contribution >= 0.6 is 11.6 Å². The van der Waals surface area contributed by atoms with Gasteiger partial charge in [-0.25, -0.2) is 23.1 Å². The predicted octanol–water partition coefficient (Wildman–Crippen LogP) is 5.07. The van der Waals surface area contributed by atoms with E-state index >= 15 is 0 Å². The highest BCUT2D eigenvalue weighted by molar-refractivity contribution is 7.90. The van der Waals surface area contributed by atoms with Crippen LogP contribution in [-0.2, 0) is 31.2 Å². The molecule has 0 spiro atoms. The maximum atomic E-state index is 12.5. The molecule has 0 radical (unpaired) electrons. The number of nitrogens with one attached hydrogen (secondary N) is 2. The van der Waals surface area contributed by atoms with Crippen LogP contribution in [0.5, 0.6) is 0 Å². The fraction of sp³-hybridized carbons (Fsp3) is 0.444. The van der Waals surface area contributed by atoms with Crippen molar-refractivity contribution in [1.29, 1.82) is 0 Å². The Labute approximate surface area is 251 Å². The second kappa shape index (κ2) is 12.8. The van der Waals surface area contributed by atoms with Gasteiger partial charge in [0.2, 0.25) is 10.2 Å². The standard InChI is InChI=1S/C20H27ClN2O5S.C7H11NO4S/c1-11(2)15-8-14(21)9-16(12(3)4)18(15)22-19(24)23-29(26,27)17-7-13(10-28-17)20(5,6)25;1-7(2,9)5-3-6(12-4-5)13(8,10)11/h7-12,25H,1-6H3,(H2,22,23,24);3-4,9H,1-2H3,(H2,8,10,11). The van der Waals surface area contributed by atoms with Gasteiger partial charge in [0.25, 0.3) is 20.0 Å². The molecule has 0 atom stereocenters. The number of sulfonamides is 2. The van der Waals surface area contributed by atoms with Crippen LogP contribution < -0.4 is 15.2 Å². The summed E-state index contributed by atoms with van der Waals surface area (Å²) in [7, 11) is -8.08. The highest BCUT2D eigenvalue weighted by atomic mass is 35.5. The molecule has 0 bridgehead atoms. The van der Waals surface area contributed by atoms with Crippen LogP contribution in [0, 0.1) is 0 Å². The quantitative estimate of drug-likeness (QED) is 0.221. The number of furan rings is 2. The van der Waals surface area contributed by atoms with E-state index in [1.165, 1.54) is 46.1 Å². The van der Waals surface area contributed by atoms with Crippen LogP contribution in [0.3, 0.4) is 0 Å². The third kappa shape index (κ3) is 9.31. The average molecular weight is 648 g/mol. The van der Waals surface area contributed by atoms with Crippen LogP contribution in [0.15, 0.2) is 55.8 Å². The zero-order chi connectivity index (χ0) is 32.4. The van der Waals surface area contributed by atoms with E-state index in [9.17, 15) is 31.8 Å². The molecule has 2 amide bonds. The van der Waals surface area contributed by atoms with E-state index in [0.717, 1.165) is 17.4 Å². The molecule has 0 aliphatic heterocycles. The van der Waals surface area contributed by atoms with Crippen LogP contribution in [0.4, 0.5) is 10.5 Å². The molecular formula is C27H38ClN3O9S2. The Bertz CT molecular complexity index is 1600. The molecule has 3 rings (SSSR count). The van der Waals surface area contributed by atoms with Gasteiger partial charge in [-0.3, -0.25) is 0 Å². The van der Waals surface area contributed by atoms with Crippen molar-refractivity contribution in [1.82, 2.24) is 4.72 Å². The fourth-order valence-electron chi connectivity index (χ4n) is 3.58. The van der Waals surface area contributed by atoms with Crippen molar-refractivity contribution in [2.45, 2.75) is 88.6 Å². The summed E-state index contributed by atoms with van der Waals surface area (Å²) in [5.74, 6) is 0.107. The zero-order valence-corrected chi connectivity index (χ0v) is 27.0. The lowest BCUT2D eigenvalue weighted by atomic mass is 9.92. The van der Waals surface area contributed by atoms with Gasteiger partial charge < -0.3 is 24.4 Å². The van der Waals surface area contributed by atoms with Crippen molar-refractivity contribution in [3.8, 4) is 0 Å². The highest BCUT2D eigenvalue weighted by Crippen LogP contribution is 2.35. The van der Waals surface area contributed by atoms with Crippen LogP contribution in [-0.4, -0.2) is 33.1 Å². The van der Waals surface area contributed by atoms with Gasteiger partial charge in [0.05, 0.1) is 23.7 Å². The second-order valence-electron chi connectivity index (χ2n) is 11.3. The van der Waals surface area contributed by atoms with E-state index in [-0.39, 0.29) is 22.5 Å². The Hall–Kier alpha value is -2.88. The molecule has 234 valence electrons. The van der Waals surface area contributed by atoms with Gasteiger partial charge in [0.15, 0.2) is 0 Å². The lowest BCUT2D eigenvalue weighted by Gasteiger charge is -2.21. The first-order chi connectivity index (χ1) is 18.9. The number of urea groups is 1.